The van der Waals surface area contributed by atoms with Gasteiger partial charge in [0, 0.05) is 31.1 Å². The Morgan fingerprint density at radius 3 is 2.37 bits per heavy atom. The second-order valence-corrected chi connectivity index (χ2v) is 10.5. The Morgan fingerprint density at radius 2 is 1.80 bits per heavy atom. The van der Waals surface area contributed by atoms with Crippen molar-refractivity contribution in [1.29, 1.82) is 0 Å². The van der Waals surface area contributed by atoms with Gasteiger partial charge in [0.25, 0.3) is 0 Å². The average Bonchev–Trinajstić information content (AvgIpc) is 2.82. The molecule has 0 unspecified atom stereocenters. The molecule has 0 saturated heterocycles. The summed E-state index contributed by atoms with van der Waals surface area (Å²) in [6.07, 6.45) is 1.94. The summed E-state index contributed by atoms with van der Waals surface area (Å²) in [6, 6.07) is 13.2. The van der Waals surface area contributed by atoms with Gasteiger partial charge in [-0.1, -0.05) is 30.7 Å². The Labute approximate surface area is 213 Å². The summed E-state index contributed by atoms with van der Waals surface area (Å²) < 4.78 is 31.3. The van der Waals surface area contributed by atoms with E-state index in [4.69, 9.17) is 16.3 Å². The van der Waals surface area contributed by atoms with Crippen LogP contribution in [-0.2, 0) is 26.2 Å². The smallest absolute Gasteiger partial charge is 0.242 e. The zero-order valence-electron chi connectivity index (χ0n) is 20.7. The molecule has 2 rings (SSSR count). The second-order valence-electron chi connectivity index (χ2n) is 8.11. The third-order valence-electron chi connectivity index (χ3n) is 5.49. The van der Waals surface area contributed by atoms with Gasteiger partial charge >= 0.3 is 0 Å². The maximum atomic E-state index is 13.4. The molecule has 0 spiro atoms. The van der Waals surface area contributed by atoms with Crippen molar-refractivity contribution >= 4 is 39.1 Å². The van der Waals surface area contributed by atoms with E-state index in [1.807, 2.05) is 38.1 Å². The number of carbonyl (C=O) groups is 2. The minimum Gasteiger partial charge on any atom is -0.497 e. The number of carbonyl (C=O) groups excluding carboxylic acids is 2. The summed E-state index contributed by atoms with van der Waals surface area (Å²) in [5.41, 5.74) is 1.31. The van der Waals surface area contributed by atoms with Gasteiger partial charge in [0.15, 0.2) is 0 Å². The van der Waals surface area contributed by atoms with Crippen LogP contribution in [0.1, 0.15) is 38.7 Å². The van der Waals surface area contributed by atoms with Gasteiger partial charge in [-0.25, -0.2) is 8.42 Å². The largest absolute Gasteiger partial charge is 0.497 e. The van der Waals surface area contributed by atoms with E-state index in [0.717, 1.165) is 11.8 Å². The first kappa shape index (κ1) is 28.5. The molecular weight excluding hydrogens is 490 g/mol. The lowest BCUT2D eigenvalue weighted by Crippen LogP contribution is -2.49. The van der Waals surface area contributed by atoms with Crippen molar-refractivity contribution in [3.8, 4) is 5.75 Å². The quantitative estimate of drug-likeness (QED) is 0.430. The molecule has 35 heavy (non-hydrogen) atoms. The molecule has 1 atom stereocenters. The maximum absolute atomic E-state index is 13.4. The van der Waals surface area contributed by atoms with Crippen molar-refractivity contribution < 1.29 is 22.7 Å². The Morgan fingerprint density at radius 1 is 1.11 bits per heavy atom. The van der Waals surface area contributed by atoms with E-state index in [9.17, 15) is 18.0 Å². The Balaban J connectivity index is 2.21. The number of halogens is 1. The van der Waals surface area contributed by atoms with Crippen molar-refractivity contribution in [2.45, 2.75) is 45.7 Å². The summed E-state index contributed by atoms with van der Waals surface area (Å²) in [5.74, 6) is 0.216. The molecule has 0 aliphatic rings. The zero-order valence-corrected chi connectivity index (χ0v) is 22.2. The lowest BCUT2D eigenvalue weighted by molar-refractivity contribution is -0.141. The molecule has 0 aromatic heterocycles. The van der Waals surface area contributed by atoms with Crippen LogP contribution in [0.15, 0.2) is 48.5 Å². The average molecular weight is 524 g/mol. The molecule has 0 fully saturated rings. The van der Waals surface area contributed by atoms with Gasteiger partial charge in [-0.3, -0.25) is 13.9 Å². The van der Waals surface area contributed by atoms with Crippen LogP contribution in [0.2, 0.25) is 5.02 Å². The molecule has 0 bridgehead atoms. The zero-order chi connectivity index (χ0) is 26.0. The van der Waals surface area contributed by atoms with Gasteiger partial charge in [-0.05, 0) is 61.7 Å². The molecule has 2 amide bonds. The molecule has 0 radical (unpaired) electrons. The van der Waals surface area contributed by atoms with E-state index in [-0.39, 0.29) is 37.7 Å². The van der Waals surface area contributed by atoms with Gasteiger partial charge in [-0.15, -0.1) is 0 Å². The summed E-state index contributed by atoms with van der Waals surface area (Å²) in [7, 11) is -1.99. The highest BCUT2D eigenvalue weighted by Gasteiger charge is 2.28. The number of nitrogens with one attached hydrogen (secondary N) is 1. The van der Waals surface area contributed by atoms with E-state index in [2.05, 4.69) is 5.32 Å². The molecule has 0 saturated carbocycles. The number of ether oxygens (including phenoxy) is 1. The van der Waals surface area contributed by atoms with Crippen molar-refractivity contribution in [3.05, 3.63) is 59.1 Å². The minimum atomic E-state index is -3.56. The van der Waals surface area contributed by atoms with Crippen LogP contribution in [0.25, 0.3) is 0 Å². The summed E-state index contributed by atoms with van der Waals surface area (Å²) >= 11 is 5.93. The van der Waals surface area contributed by atoms with Crippen molar-refractivity contribution in [2.24, 2.45) is 0 Å². The molecule has 0 heterocycles. The first-order chi connectivity index (χ1) is 16.6. The summed E-state index contributed by atoms with van der Waals surface area (Å²) in [5, 5.41) is 3.31. The fourth-order valence-electron chi connectivity index (χ4n) is 3.79. The Kier molecular flexibility index (Phi) is 10.9. The minimum absolute atomic E-state index is 0.0828. The van der Waals surface area contributed by atoms with Gasteiger partial charge in [0.2, 0.25) is 21.8 Å². The Bertz CT molecular complexity index is 1090. The van der Waals surface area contributed by atoms with Crippen LogP contribution in [0, 0.1) is 0 Å². The number of nitrogens with zero attached hydrogens (tertiary/aromatic N) is 2. The SMILES string of the molecule is CCNC(=O)[C@@H](CC)N(Cc1cccc(OC)c1)C(=O)CCCN(c1ccc(Cl)cc1)S(C)(=O)=O. The fourth-order valence-corrected chi connectivity index (χ4v) is 4.88. The van der Waals surface area contributed by atoms with Crippen LogP contribution in [0.5, 0.6) is 5.75 Å². The highest BCUT2D eigenvalue weighted by Crippen LogP contribution is 2.22. The van der Waals surface area contributed by atoms with Crippen LogP contribution in [-0.4, -0.2) is 57.6 Å². The van der Waals surface area contributed by atoms with Crippen LogP contribution in [0.3, 0.4) is 0 Å². The van der Waals surface area contributed by atoms with E-state index in [0.29, 0.717) is 29.4 Å². The number of hydrogen-bond donors (Lipinski definition) is 1. The number of rotatable bonds is 13. The fraction of sp³-hybridized carbons (Fsp3) is 0.440. The van der Waals surface area contributed by atoms with Crippen molar-refractivity contribution in [1.82, 2.24) is 10.2 Å². The number of methoxy groups -OCH3 is 1. The van der Waals surface area contributed by atoms with Crippen molar-refractivity contribution in [3.63, 3.8) is 0 Å². The molecule has 2 aromatic carbocycles. The van der Waals surface area contributed by atoms with E-state index >= 15 is 0 Å². The van der Waals surface area contributed by atoms with E-state index in [1.165, 1.54) is 4.31 Å². The molecule has 1 N–H and O–H groups in total. The lowest BCUT2D eigenvalue weighted by atomic mass is 10.1. The summed E-state index contributed by atoms with van der Waals surface area (Å²) in [4.78, 5) is 27.6. The van der Waals surface area contributed by atoms with E-state index < -0.39 is 16.1 Å². The number of sulfonamides is 1. The third-order valence-corrected chi connectivity index (χ3v) is 6.94. The molecule has 0 aliphatic heterocycles. The van der Waals surface area contributed by atoms with Gasteiger partial charge in [0.1, 0.15) is 11.8 Å². The van der Waals surface area contributed by atoms with Crippen molar-refractivity contribution in [2.75, 3.05) is 30.8 Å². The van der Waals surface area contributed by atoms with Gasteiger partial charge < -0.3 is 15.0 Å². The molecule has 10 heteroatoms. The third kappa shape index (κ3) is 8.43. The van der Waals surface area contributed by atoms with Crippen LogP contribution in [0.4, 0.5) is 5.69 Å². The predicted octanol–water partition coefficient (Wildman–Crippen LogP) is 3.84. The van der Waals surface area contributed by atoms with Gasteiger partial charge in [0.05, 0.1) is 19.1 Å². The molecule has 2 aromatic rings. The second kappa shape index (κ2) is 13.3. The molecule has 8 nitrogen and oxygen atoms in total. The monoisotopic (exact) mass is 523 g/mol. The maximum Gasteiger partial charge on any atom is 0.242 e. The van der Waals surface area contributed by atoms with Crippen LogP contribution >= 0.6 is 11.6 Å². The first-order valence-corrected chi connectivity index (χ1v) is 13.8. The number of likely N-dealkylation sites (N-methyl/N-ethyl adjacent to an activating group) is 1. The lowest BCUT2D eigenvalue weighted by Gasteiger charge is -2.31. The highest BCUT2D eigenvalue weighted by atomic mass is 35.5. The predicted molar refractivity (Wildman–Crippen MR) is 139 cm³/mol. The standard InChI is InChI=1S/C25H34ClN3O5S/c1-5-23(25(31)27-6-2)28(18-19-9-7-10-22(17-19)34-3)24(30)11-8-16-29(35(4,32)33)21-14-12-20(26)13-15-21/h7,9-10,12-15,17,23H,5-6,8,11,16,18H2,1-4H3,(H,27,31)/t23-/m1/s1. The molecular formula is C25H34ClN3O5S. The number of hydrogen-bond acceptors (Lipinski definition) is 5. The molecule has 0 aliphatic carbocycles. The highest BCUT2D eigenvalue weighted by molar-refractivity contribution is 7.92. The summed E-state index contributed by atoms with van der Waals surface area (Å²) in [6.45, 7) is 4.50. The van der Waals surface area contributed by atoms with Gasteiger partial charge in [-0.2, -0.15) is 0 Å². The topological polar surface area (TPSA) is 96.0 Å². The Hall–Kier alpha value is -2.78. The van der Waals surface area contributed by atoms with E-state index in [1.54, 1.807) is 36.3 Å². The normalized spacial score (nSPS) is 12.0. The number of amides is 2. The number of anilines is 1. The first-order valence-electron chi connectivity index (χ1n) is 11.5. The number of benzene rings is 2. The molecule has 192 valence electrons. The van der Waals surface area contributed by atoms with Crippen LogP contribution < -0.4 is 14.4 Å².